The van der Waals surface area contributed by atoms with Gasteiger partial charge in [-0.05, 0) is 13.0 Å². The number of hydrogen-bond acceptors (Lipinski definition) is 6. The lowest BCUT2D eigenvalue weighted by molar-refractivity contribution is 0.596. The van der Waals surface area contributed by atoms with Gasteiger partial charge in [0, 0.05) is 17.4 Å². The molecule has 1 unspecified atom stereocenters. The SMILES string of the molecule is Cc1ccn(-c2nc(N)nc([S+](C)[O-])c2C#N)n1. The van der Waals surface area contributed by atoms with Crippen molar-refractivity contribution in [3.05, 3.63) is 23.5 Å². The van der Waals surface area contributed by atoms with Crippen LogP contribution in [0.2, 0.25) is 0 Å². The van der Waals surface area contributed by atoms with Crippen LogP contribution in [0.15, 0.2) is 17.3 Å². The van der Waals surface area contributed by atoms with Crippen LogP contribution in [0.3, 0.4) is 0 Å². The monoisotopic (exact) mass is 262 g/mol. The summed E-state index contributed by atoms with van der Waals surface area (Å²) in [5, 5.41) is 13.4. The van der Waals surface area contributed by atoms with Crippen LogP contribution in [0.4, 0.5) is 5.95 Å². The highest BCUT2D eigenvalue weighted by Gasteiger charge is 2.22. The minimum absolute atomic E-state index is 0.0395. The normalized spacial score (nSPS) is 12.1. The molecule has 0 bridgehead atoms. The van der Waals surface area contributed by atoms with Crippen LogP contribution in [-0.4, -0.2) is 30.6 Å². The first-order valence-corrected chi connectivity index (χ1v) is 6.52. The molecule has 0 spiro atoms. The Balaban J connectivity index is 2.71. The van der Waals surface area contributed by atoms with E-state index in [2.05, 4.69) is 15.1 Å². The second-order valence-corrected chi connectivity index (χ2v) is 4.85. The molecule has 2 aromatic heterocycles. The van der Waals surface area contributed by atoms with Crippen molar-refractivity contribution in [3.63, 3.8) is 0 Å². The molecule has 0 amide bonds. The standard InChI is InChI=1S/C10H10N6OS/c1-6-3-4-16(15-6)8-7(5-11)9(18(2)17)14-10(12)13-8/h3-4H,1-2H3,(H2,12,13,14). The van der Waals surface area contributed by atoms with E-state index < -0.39 is 11.2 Å². The molecule has 92 valence electrons. The summed E-state index contributed by atoms with van der Waals surface area (Å²) in [7, 11) is 0. The summed E-state index contributed by atoms with van der Waals surface area (Å²) < 4.78 is 13.0. The van der Waals surface area contributed by atoms with Crippen molar-refractivity contribution in [1.82, 2.24) is 19.7 Å². The zero-order valence-corrected chi connectivity index (χ0v) is 10.6. The zero-order chi connectivity index (χ0) is 13.3. The number of nitrogen functional groups attached to an aromatic ring is 1. The van der Waals surface area contributed by atoms with Crippen LogP contribution in [0.1, 0.15) is 11.3 Å². The summed E-state index contributed by atoms with van der Waals surface area (Å²) in [5.74, 6) is 0.200. The lowest BCUT2D eigenvalue weighted by Gasteiger charge is -2.09. The van der Waals surface area contributed by atoms with Crippen molar-refractivity contribution in [2.24, 2.45) is 0 Å². The van der Waals surface area contributed by atoms with Gasteiger partial charge in [-0.2, -0.15) is 20.3 Å². The van der Waals surface area contributed by atoms with Crippen molar-refractivity contribution >= 4 is 17.1 Å². The number of nitriles is 1. The maximum atomic E-state index is 11.6. The minimum atomic E-state index is -1.42. The molecule has 0 saturated carbocycles. The van der Waals surface area contributed by atoms with E-state index in [1.165, 1.54) is 10.9 Å². The van der Waals surface area contributed by atoms with Crippen LogP contribution in [0.5, 0.6) is 0 Å². The number of anilines is 1. The van der Waals surface area contributed by atoms with Crippen LogP contribution in [0, 0.1) is 18.3 Å². The Kier molecular flexibility index (Phi) is 3.18. The first-order valence-electron chi connectivity index (χ1n) is 4.96. The van der Waals surface area contributed by atoms with Gasteiger partial charge < -0.3 is 10.3 Å². The molecule has 0 aromatic carbocycles. The fraction of sp³-hybridized carbons (Fsp3) is 0.200. The quantitative estimate of drug-likeness (QED) is 0.608. The number of hydrogen-bond donors (Lipinski definition) is 1. The van der Waals surface area contributed by atoms with E-state index in [1.54, 1.807) is 12.3 Å². The maximum absolute atomic E-state index is 11.6. The molecule has 18 heavy (non-hydrogen) atoms. The van der Waals surface area contributed by atoms with E-state index in [0.29, 0.717) is 0 Å². The third kappa shape index (κ3) is 2.13. The van der Waals surface area contributed by atoms with Gasteiger partial charge in [-0.3, -0.25) is 0 Å². The smallest absolute Gasteiger partial charge is 0.269 e. The fourth-order valence-corrected chi connectivity index (χ4v) is 2.10. The number of rotatable bonds is 2. The Morgan fingerprint density at radius 2 is 2.22 bits per heavy atom. The van der Waals surface area contributed by atoms with Gasteiger partial charge in [0.2, 0.25) is 5.95 Å². The van der Waals surface area contributed by atoms with E-state index in [4.69, 9.17) is 11.0 Å². The molecular weight excluding hydrogens is 252 g/mol. The second kappa shape index (κ2) is 4.64. The number of nitrogens with two attached hydrogens (primary N) is 1. The average molecular weight is 262 g/mol. The maximum Gasteiger partial charge on any atom is 0.269 e. The van der Waals surface area contributed by atoms with E-state index in [-0.39, 0.29) is 22.4 Å². The van der Waals surface area contributed by atoms with Gasteiger partial charge in [-0.15, -0.1) is 0 Å². The third-order valence-electron chi connectivity index (χ3n) is 2.20. The highest BCUT2D eigenvalue weighted by Crippen LogP contribution is 2.19. The third-order valence-corrected chi connectivity index (χ3v) is 3.04. The highest BCUT2D eigenvalue weighted by atomic mass is 32.2. The summed E-state index contributed by atoms with van der Waals surface area (Å²) in [6.07, 6.45) is 3.08. The molecule has 2 N–H and O–H groups in total. The molecule has 7 nitrogen and oxygen atoms in total. The first kappa shape index (κ1) is 12.3. The zero-order valence-electron chi connectivity index (χ0n) is 9.78. The molecule has 0 aliphatic carbocycles. The lowest BCUT2D eigenvalue weighted by atomic mass is 10.3. The van der Waals surface area contributed by atoms with Gasteiger partial charge in [-0.1, -0.05) is 0 Å². The van der Waals surface area contributed by atoms with E-state index in [1.807, 2.05) is 13.0 Å². The Labute approximate surface area is 106 Å². The molecule has 2 rings (SSSR count). The molecule has 8 heteroatoms. The van der Waals surface area contributed by atoms with Gasteiger partial charge in [0.1, 0.15) is 12.3 Å². The summed E-state index contributed by atoms with van der Waals surface area (Å²) in [4.78, 5) is 7.82. The number of aromatic nitrogens is 4. The predicted octanol–water partition coefficient (Wildman–Crippen LogP) is 0.162. The molecule has 0 radical (unpaired) electrons. The van der Waals surface area contributed by atoms with Gasteiger partial charge in [0.05, 0.1) is 5.69 Å². The largest absolute Gasteiger partial charge is 0.610 e. The van der Waals surface area contributed by atoms with Crippen LogP contribution in [0.25, 0.3) is 5.82 Å². The van der Waals surface area contributed by atoms with Crippen molar-refractivity contribution in [2.75, 3.05) is 12.0 Å². The Morgan fingerprint density at radius 1 is 1.50 bits per heavy atom. The Hall–Kier alpha value is -2.11. The molecular formula is C10H10N6OS. The molecule has 1 atom stereocenters. The molecule has 2 aromatic rings. The van der Waals surface area contributed by atoms with Crippen molar-refractivity contribution in [3.8, 4) is 11.9 Å². The molecule has 0 aliphatic rings. The molecule has 0 saturated heterocycles. The van der Waals surface area contributed by atoms with Crippen molar-refractivity contribution < 1.29 is 4.55 Å². The van der Waals surface area contributed by atoms with Crippen LogP contribution in [-0.2, 0) is 11.2 Å². The van der Waals surface area contributed by atoms with E-state index >= 15 is 0 Å². The van der Waals surface area contributed by atoms with Crippen LogP contribution >= 0.6 is 0 Å². The average Bonchev–Trinajstić information content (AvgIpc) is 2.74. The fourth-order valence-electron chi connectivity index (χ4n) is 1.45. The van der Waals surface area contributed by atoms with E-state index in [9.17, 15) is 4.55 Å². The van der Waals surface area contributed by atoms with Crippen molar-refractivity contribution in [2.45, 2.75) is 11.9 Å². The van der Waals surface area contributed by atoms with E-state index in [0.717, 1.165) is 5.69 Å². The molecule has 0 aliphatic heterocycles. The number of aryl methyl sites for hydroxylation is 1. The van der Waals surface area contributed by atoms with Gasteiger partial charge >= 0.3 is 0 Å². The molecule has 0 fully saturated rings. The Bertz CT molecular complexity index is 630. The summed E-state index contributed by atoms with van der Waals surface area (Å²) >= 11 is -1.42. The second-order valence-electron chi connectivity index (χ2n) is 3.55. The highest BCUT2D eigenvalue weighted by molar-refractivity contribution is 7.90. The first-order chi connectivity index (χ1) is 8.52. The topological polar surface area (TPSA) is 116 Å². The summed E-state index contributed by atoms with van der Waals surface area (Å²) in [6, 6.07) is 3.71. The minimum Gasteiger partial charge on any atom is -0.610 e. The molecule has 2 heterocycles. The lowest BCUT2D eigenvalue weighted by Crippen LogP contribution is -2.13. The summed E-state index contributed by atoms with van der Waals surface area (Å²) in [6.45, 7) is 1.81. The summed E-state index contributed by atoms with van der Waals surface area (Å²) in [5.41, 5.74) is 6.45. The number of nitrogens with zero attached hydrogens (tertiary/aromatic N) is 5. The predicted molar refractivity (Wildman–Crippen MR) is 65.4 cm³/mol. The van der Waals surface area contributed by atoms with Crippen LogP contribution < -0.4 is 5.73 Å². The Morgan fingerprint density at radius 3 is 2.72 bits per heavy atom. The van der Waals surface area contributed by atoms with Gasteiger partial charge in [0.15, 0.2) is 11.4 Å². The van der Waals surface area contributed by atoms with Gasteiger partial charge in [-0.25, -0.2) is 4.68 Å². The van der Waals surface area contributed by atoms with Gasteiger partial charge in [0.25, 0.3) is 5.03 Å². The van der Waals surface area contributed by atoms with Crippen molar-refractivity contribution in [1.29, 1.82) is 5.26 Å².